The number of carboxylic acids is 1. The molecule has 2 rings (SSSR count). The largest absolute Gasteiger partial charge is 0.481 e. The molecule has 106 valence electrons. The van der Waals surface area contributed by atoms with E-state index in [0.29, 0.717) is 0 Å². The van der Waals surface area contributed by atoms with Gasteiger partial charge in [0.15, 0.2) is 0 Å². The third-order valence-electron chi connectivity index (χ3n) is 3.56. The number of aryl methyl sites for hydroxylation is 1. The fraction of sp³-hybridized carbons (Fsp3) is 0.583. The molecular weight excluding hydrogens is 286 g/mol. The first-order valence-electron chi connectivity index (χ1n) is 6.11. The van der Waals surface area contributed by atoms with Gasteiger partial charge < -0.3 is 5.11 Å². The van der Waals surface area contributed by atoms with Crippen molar-refractivity contribution in [2.24, 2.45) is 5.41 Å². The lowest BCUT2D eigenvalue weighted by Gasteiger charge is -2.40. The number of carboxylic acid groups (broad SMARTS) is 1. The number of rotatable bonds is 6. The summed E-state index contributed by atoms with van der Waals surface area (Å²) in [5, 5.41) is 8.89. The van der Waals surface area contributed by atoms with Crippen molar-refractivity contribution in [1.29, 1.82) is 0 Å². The summed E-state index contributed by atoms with van der Waals surface area (Å²) in [6.07, 6.45) is 2.53. The van der Waals surface area contributed by atoms with Gasteiger partial charge in [-0.2, -0.15) is 0 Å². The van der Waals surface area contributed by atoms with Crippen LogP contribution in [0.15, 0.2) is 16.3 Å². The highest BCUT2D eigenvalue weighted by molar-refractivity contribution is 7.91. The third-order valence-corrected chi connectivity index (χ3v) is 6.45. The highest BCUT2D eigenvalue weighted by atomic mass is 32.2. The average Bonchev–Trinajstić information content (AvgIpc) is 2.69. The van der Waals surface area contributed by atoms with Crippen LogP contribution >= 0.6 is 11.3 Å². The molecule has 0 aromatic carbocycles. The second-order valence-electron chi connectivity index (χ2n) is 5.11. The summed E-state index contributed by atoms with van der Waals surface area (Å²) in [6, 6.07) is 3.34. The first-order chi connectivity index (χ1) is 8.83. The van der Waals surface area contributed by atoms with E-state index in [9.17, 15) is 13.2 Å². The van der Waals surface area contributed by atoms with E-state index in [1.165, 1.54) is 11.3 Å². The molecule has 1 aromatic heterocycles. The van der Waals surface area contributed by atoms with Crippen LogP contribution in [0.4, 0.5) is 0 Å². The van der Waals surface area contributed by atoms with Crippen LogP contribution in [-0.4, -0.2) is 26.0 Å². The van der Waals surface area contributed by atoms with Gasteiger partial charge in [0.05, 0.1) is 6.42 Å². The molecule has 0 saturated heterocycles. The van der Waals surface area contributed by atoms with Crippen molar-refractivity contribution < 1.29 is 18.3 Å². The van der Waals surface area contributed by atoms with E-state index in [0.717, 1.165) is 24.1 Å². The predicted molar refractivity (Wildman–Crippen MR) is 72.8 cm³/mol. The first-order valence-corrected chi connectivity index (χ1v) is 8.41. The Labute approximate surface area is 116 Å². The summed E-state index contributed by atoms with van der Waals surface area (Å²) in [4.78, 5) is 11.8. The molecule has 0 radical (unpaired) electrons. The Hall–Kier alpha value is -0.920. The standard InChI is InChI=1S/C12H17NO4S2/c1-9-3-4-11(18-9)19(16,17)13-8-12(5-2-6-12)7-10(14)15/h3-4,13H,2,5-8H2,1H3,(H,14,15). The van der Waals surface area contributed by atoms with E-state index in [-0.39, 0.29) is 17.2 Å². The van der Waals surface area contributed by atoms with Crippen molar-refractivity contribution in [3.63, 3.8) is 0 Å². The van der Waals surface area contributed by atoms with Gasteiger partial charge in [0.25, 0.3) is 0 Å². The average molecular weight is 303 g/mol. The van der Waals surface area contributed by atoms with Gasteiger partial charge in [-0.25, -0.2) is 13.1 Å². The zero-order valence-corrected chi connectivity index (χ0v) is 12.3. The molecule has 0 bridgehead atoms. The van der Waals surface area contributed by atoms with Gasteiger partial charge in [0, 0.05) is 11.4 Å². The number of sulfonamides is 1. The van der Waals surface area contributed by atoms with Crippen molar-refractivity contribution in [3.05, 3.63) is 17.0 Å². The van der Waals surface area contributed by atoms with E-state index < -0.39 is 21.4 Å². The van der Waals surface area contributed by atoms with Crippen LogP contribution in [0.1, 0.15) is 30.6 Å². The Bertz CT molecular complexity index is 572. The van der Waals surface area contributed by atoms with Crippen LogP contribution in [-0.2, 0) is 14.8 Å². The van der Waals surface area contributed by atoms with Gasteiger partial charge in [-0.1, -0.05) is 6.42 Å². The van der Waals surface area contributed by atoms with Crippen LogP contribution in [0.5, 0.6) is 0 Å². The number of hydrogen-bond acceptors (Lipinski definition) is 4. The molecule has 1 fully saturated rings. The maximum atomic E-state index is 12.1. The maximum absolute atomic E-state index is 12.1. The molecule has 0 aliphatic heterocycles. The molecule has 2 N–H and O–H groups in total. The SMILES string of the molecule is Cc1ccc(S(=O)(=O)NCC2(CC(=O)O)CCC2)s1. The molecule has 1 aromatic rings. The van der Waals surface area contributed by atoms with Crippen LogP contribution in [0.25, 0.3) is 0 Å². The molecular formula is C12H17NO4S2. The van der Waals surface area contributed by atoms with E-state index >= 15 is 0 Å². The Morgan fingerprint density at radius 3 is 2.58 bits per heavy atom. The fourth-order valence-corrected chi connectivity index (χ4v) is 4.77. The zero-order valence-electron chi connectivity index (χ0n) is 10.7. The fourth-order valence-electron chi connectivity index (χ4n) is 2.29. The molecule has 0 atom stereocenters. The van der Waals surface area contributed by atoms with Crippen LogP contribution < -0.4 is 4.72 Å². The van der Waals surface area contributed by atoms with E-state index in [4.69, 9.17) is 5.11 Å². The van der Waals surface area contributed by atoms with Crippen molar-refractivity contribution in [3.8, 4) is 0 Å². The summed E-state index contributed by atoms with van der Waals surface area (Å²) >= 11 is 1.22. The number of hydrogen-bond donors (Lipinski definition) is 2. The van der Waals surface area contributed by atoms with Crippen LogP contribution in [0.2, 0.25) is 0 Å². The highest BCUT2D eigenvalue weighted by Gasteiger charge is 2.39. The minimum atomic E-state index is -3.51. The van der Waals surface area contributed by atoms with Crippen molar-refractivity contribution in [1.82, 2.24) is 4.72 Å². The highest BCUT2D eigenvalue weighted by Crippen LogP contribution is 2.43. The van der Waals surface area contributed by atoms with Crippen LogP contribution in [0, 0.1) is 12.3 Å². The van der Waals surface area contributed by atoms with Crippen molar-refractivity contribution >= 4 is 27.3 Å². The van der Waals surface area contributed by atoms with Gasteiger partial charge in [0.1, 0.15) is 4.21 Å². The molecule has 19 heavy (non-hydrogen) atoms. The van der Waals surface area contributed by atoms with Gasteiger partial charge in [-0.15, -0.1) is 11.3 Å². The van der Waals surface area contributed by atoms with E-state index in [1.54, 1.807) is 12.1 Å². The summed E-state index contributed by atoms with van der Waals surface area (Å²) < 4.78 is 27.0. The van der Waals surface area contributed by atoms with E-state index in [2.05, 4.69) is 4.72 Å². The molecule has 0 spiro atoms. The number of aliphatic carboxylic acids is 1. The second kappa shape index (κ2) is 5.22. The minimum absolute atomic E-state index is 0.0268. The quantitative estimate of drug-likeness (QED) is 0.841. The smallest absolute Gasteiger partial charge is 0.303 e. The Balaban J connectivity index is 2.03. The predicted octanol–water partition coefficient (Wildman–Crippen LogP) is 1.98. The molecule has 0 unspecified atom stereocenters. The van der Waals surface area contributed by atoms with Gasteiger partial charge in [0.2, 0.25) is 10.0 Å². The normalized spacial score (nSPS) is 17.9. The maximum Gasteiger partial charge on any atom is 0.303 e. The first kappa shape index (κ1) is 14.5. The zero-order chi connectivity index (χ0) is 14.1. The number of nitrogens with one attached hydrogen (secondary N) is 1. The number of carbonyl (C=O) groups is 1. The number of thiophene rings is 1. The van der Waals surface area contributed by atoms with Crippen molar-refractivity contribution in [2.45, 2.75) is 36.8 Å². The lowest BCUT2D eigenvalue weighted by Crippen LogP contribution is -2.43. The third kappa shape index (κ3) is 3.34. The van der Waals surface area contributed by atoms with Gasteiger partial charge in [-0.05, 0) is 37.3 Å². The molecule has 1 saturated carbocycles. The lowest BCUT2D eigenvalue weighted by atomic mass is 9.67. The summed E-state index contributed by atoms with van der Waals surface area (Å²) in [5.41, 5.74) is -0.398. The summed E-state index contributed by atoms with van der Waals surface area (Å²) in [6.45, 7) is 2.06. The van der Waals surface area contributed by atoms with Crippen LogP contribution in [0.3, 0.4) is 0 Å². The molecule has 7 heteroatoms. The van der Waals surface area contributed by atoms with Crippen molar-refractivity contribution in [2.75, 3.05) is 6.54 Å². The molecule has 5 nitrogen and oxygen atoms in total. The Morgan fingerprint density at radius 1 is 1.47 bits per heavy atom. The monoisotopic (exact) mass is 303 g/mol. The Kier molecular flexibility index (Phi) is 3.98. The molecule has 1 aliphatic rings. The molecule has 1 aliphatic carbocycles. The van der Waals surface area contributed by atoms with Gasteiger partial charge >= 0.3 is 5.97 Å². The topological polar surface area (TPSA) is 83.5 Å². The molecule has 1 heterocycles. The second-order valence-corrected chi connectivity index (χ2v) is 8.40. The van der Waals surface area contributed by atoms with Gasteiger partial charge in [-0.3, -0.25) is 4.79 Å². The molecule has 0 amide bonds. The Morgan fingerprint density at radius 2 is 2.16 bits per heavy atom. The minimum Gasteiger partial charge on any atom is -0.481 e. The van der Waals surface area contributed by atoms with E-state index in [1.807, 2.05) is 6.92 Å². The lowest BCUT2D eigenvalue weighted by molar-refractivity contribution is -0.141. The summed E-state index contributed by atoms with van der Waals surface area (Å²) in [5.74, 6) is -0.870. The summed E-state index contributed by atoms with van der Waals surface area (Å²) in [7, 11) is -3.51.